The molecule has 0 spiro atoms. The van der Waals surface area contributed by atoms with E-state index >= 15 is 0 Å². The minimum Gasteiger partial charge on any atom is -0.465 e. The van der Waals surface area contributed by atoms with E-state index in [9.17, 15) is 9.90 Å². The first-order chi connectivity index (χ1) is 16.6. The first kappa shape index (κ1) is 33.4. The molecular formula is C31H62O3. The van der Waals surface area contributed by atoms with E-state index in [-0.39, 0.29) is 18.0 Å². The van der Waals surface area contributed by atoms with Crippen molar-refractivity contribution >= 4 is 5.97 Å². The first-order valence-electron chi connectivity index (χ1n) is 15.4. The molecule has 0 fully saturated rings. The van der Waals surface area contributed by atoms with Gasteiger partial charge in [0.15, 0.2) is 0 Å². The van der Waals surface area contributed by atoms with Crippen LogP contribution in [0, 0.1) is 5.41 Å². The first-order valence-corrected chi connectivity index (χ1v) is 15.4. The molecule has 0 aromatic carbocycles. The number of aliphatic hydroxyl groups is 1. The van der Waals surface area contributed by atoms with Crippen molar-refractivity contribution in [3.8, 4) is 0 Å². The van der Waals surface area contributed by atoms with Crippen molar-refractivity contribution in [3.05, 3.63) is 0 Å². The van der Waals surface area contributed by atoms with Crippen molar-refractivity contribution in [3.63, 3.8) is 0 Å². The molecule has 0 saturated carbocycles. The summed E-state index contributed by atoms with van der Waals surface area (Å²) in [7, 11) is 0. The van der Waals surface area contributed by atoms with Crippen LogP contribution in [-0.2, 0) is 9.53 Å². The molecule has 3 nitrogen and oxygen atoms in total. The predicted molar refractivity (Wildman–Crippen MR) is 148 cm³/mol. The zero-order chi connectivity index (χ0) is 25.2. The maximum absolute atomic E-state index is 12.1. The summed E-state index contributed by atoms with van der Waals surface area (Å²) in [6.45, 7) is 7.03. The van der Waals surface area contributed by atoms with Crippen LogP contribution in [-0.4, -0.2) is 24.3 Å². The molecule has 0 unspecified atom stereocenters. The van der Waals surface area contributed by atoms with Crippen LogP contribution in [0.2, 0.25) is 0 Å². The van der Waals surface area contributed by atoms with Gasteiger partial charge in [0.1, 0.15) is 0 Å². The Morgan fingerprint density at radius 1 is 0.559 bits per heavy atom. The van der Waals surface area contributed by atoms with Gasteiger partial charge in [0.2, 0.25) is 0 Å². The highest BCUT2D eigenvalue weighted by Gasteiger charge is 2.29. The molecule has 0 atom stereocenters. The number of carbonyl (C=O) groups is 1. The van der Waals surface area contributed by atoms with Crippen molar-refractivity contribution < 1.29 is 14.6 Å². The van der Waals surface area contributed by atoms with Crippen molar-refractivity contribution in [2.24, 2.45) is 5.41 Å². The van der Waals surface area contributed by atoms with E-state index in [1.807, 2.05) is 0 Å². The zero-order valence-corrected chi connectivity index (χ0v) is 23.6. The summed E-state index contributed by atoms with van der Waals surface area (Å²) >= 11 is 0. The number of esters is 1. The van der Waals surface area contributed by atoms with Gasteiger partial charge in [-0.1, -0.05) is 149 Å². The van der Waals surface area contributed by atoms with Gasteiger partial charge in [-0.15, -0.1) is 0 Å². The van der Waals surface area contributed by atoms with Crippen LogP contribution in [0.15, 0.2) is 0 Å². The van der Waals surface area contributed by atoms with Gasteiger partial charge in [-0.05, 0) is 19.3 Å². The maximum atomic E-state index is 12.1. The lowest BCUT2D eigenvalue weighted by Gasteiger charge is -2.30. The molecular weight excluding hydrogens is 420 g/mol. The molecule has 0 aliphatic carbocycles. The second-order valence-corrected chi connectivity index (χ2v) is 10.9. The molecule has 0 aromatic heterocycles. The molecule has 0 saturated heterocycles. The number of rotatable bonds is 27. The number of unbranched alkanes of at least 4 members (excludes halogenated alkanes) is 18. The van der Waals surface area contributed by atoms with E-state index in [1.54, 1.807) is 0 Å². The monoisotopic (exact) mass is 482 g/mol. The van der Waals surface area contributed by atoms with E-state index in [0.717, 1.165) is 38.5 Å². The highest BCUT2D eigenvalue weighted by molar-refractivity contribution is 5.69. The number of aliphatic hydroxyl groups excluding tert-OH is 1. The van der Waals surface area contributed by atoms with Crippen LogP contribution < -0.4 is 0 Å². The Kier molecular flexibility index (Phi) is 25.1. The molecule has 0 aliphatic rings. The van der Waals surface area contributed by atoms with Crippen LogP contribution in [0.1, 0.15) is 175 Å². The molecule has 1 N–H and O–H groups in total. The molecule has 34 heavy (non-hydrogen) atoms. The Morgan fingerprint density at radius 2 is 0.912 bits per heavy atom. The van der Waals surface area contributed by atoms with E-state index < -0.39 is 0 Å². The molecule has 0 radical (unpaired) electrons. The Bertz CT molecular complexity index is 415. The fourth-order valence-corrected chi connectivity index (χ4v) is 5.19. The Hall–Kier alpha value is -0.570. The van der Waals surface area contributed by atoms with Gasteiger partial charge in [0.05, 0.1) is 13.2 Å². The standard InChI is InChI=1S/C31H62O3/c1-4-7-8-9-10-11-12-13-14-15-16-17-18-19-20-21-22-23-24-25-30(33)34-29-31(28-32,26-5-2)27-6-3/h32H,4-29H2,1-3H3. The lowest BCUT2D eigenvalue weighted by molar-refractivity contribution is -0.149. The van der Waals surface area contributed by atoms with E-state index in [0.29, 0.717) is 13.0 Å². The van der Waals surface area contributed by atoms with Gasteiger partial charge in [-0.25, -0.2) is 0 Å². The summed E-state index contributed by atoms with van der Waals surface area (Å²) in [5, 5.41) is 9.81. The Balaban J connectivity index is 3.40. The fourth-order valence-electron chi connectivity index (χ4n) is 5.19. The summed E-state index contributed by atoms with van der Waals surface area (Å²) in [4.78, 5) is 12.1. The van der Waals surface area contributed by atoms with E-state index in [2.05, 4.69) is 20.8 Å². The average Bonchev–Trinajstić information content (AvgIpc) is 2.84. The molecule has 3 heteroatoms. The molecule has 0 heterocycles. The largest absolute Gasteiger partial charge is 0.465 e. The molecule has 0 aliphatic heterocycles. The van der Waals surface area contributed by atoms with Crippen LogP contribution in [0.25, 0.3) is 0 Å². The third kappa shape index (κ3) is 20.8. The summed E-state index contributed by atoms with van der Waals surface area (Å²) in [5.41, 5.74) is -0.229. The second kappa shape index (κ2) is 25.5. The number of carbonyl (C=O) groups excluding carboxylic acids is 1. The average molecular weight is 483 g/mol. The van der Waals surface area contributed by atoms with E-state index in [4.69, 9.17) is 4.74 Å². The quantitative estimate of drug-likeness (QED) is 0.0935. The lowest BCUT2D eigenvalue weighted by atomic mass is 9.81. The molecule has 0 aromatic rings. The summed E-state index contributed by atoms with van der Waals surface area (Å²) in [5.74, 6) is -0.0861. The smallest absolute Gasteiger partial charge is 0.305 e. The number of hydrogen-bond donors (Lipinski definition) is 1. The van der Waals surface area contributed by atoms with Crippen molar-refractivity contribution in [1.82, 2.24) is 0 Å². The van der Waals surface area contributed by atoms with Gasteiger partial charge < -0.3 is 9.84 Å². The summed E-state index contributed by atoms with van der Waals surface area (Å²) < 4.78 is 5.54. The Morgan fingerprint density at radius 3 is 1.24 bits per heavy atom. The van der Waals surface area contributed by atoms with Gasteiger partial charge in [-0.3, -0.25) is 4.79 Å². The van der Waals surface area contributed by atoms with Crippen molar-refractivity contribution in [2.75, 3.05) is 13.2 Å². The highest BCUT2D eigenvalue weighted by Crippen LogP contribution is 2.30. The molecule has 204 valence electrons. The minimum absolute atomic E-state index is 0.0861. The lowest BCUT2D eigenvalue weighted by Crippen LogP contribution is -2.32. The molecule has 0 rings (SSSR count). The predicted octanol–water partition coefficient (Wildman–Crippen LogP) is 9.93. The highest BCUT2D eigenvalue weighted by atomic mass is 16.5. The van der Waals surface area contributed by atoms with Crippen molar-refractivity contribution in [2.45, 2.75) is 175 Å². The van der Waals surface area contributed by atoms with Gasteiger partial charge in [-0.2, -0.15) is 0 Å². The normalized spacial score (nSPS) is 11.8. The summed E-state index contributed by atoms with van der Waals surface area (Å²) in [6.07, 6.45) is 30.3. The van der Waals surface area contributed by atoms with Crippen molar-refractivity contribution in [1.29, 1.82) is 0 Å². The Labute approximate surface area is 214 Å². The third-order valence-electron chi connectivity index (χ3n) is 7.42. The van der Waals surface area contributed by atoms with Crippen LogP contribution in [0.5, 0.6) is 0 Å². The molecule has 0 amide bonds. The van der Waals surface area contributed by atoms with E-state index in [1.165, 1.54) is 109 Å². The van der Waals surface area contributed by atoms with Gasteiger partial charge in [0.25, 0.3) is 0 Å². The van der Waals surface area contributed by atoms with Crippen LogP contribution in [0.3, 0.4) is 0 Å². The topological polar surface area (TPSA) is 46.5 Å². The SMILES string of the molecule is CCCCCCCCCCCCCCCCCCCCCC(=O)OCC(CO)(CCC)CCC. The third-order valence-corrected chi connectivity index (χ3v) is 7.42. The molecule has 0 bridgehead atoms. The van der Waals surface area contributed by atoms with Crippen LogP contribution >= 0.6 is 0 Å². The van der Waals surface area contributed by atoms with Gasteiger partial charge in [0, 0.05) is 11.8 Å². The summed E-state index contributed by atoms with van der Waals surface area (Å²) in [6, 6.07) is 0. The minimum atomic E-state index is -0.229. The number of hydrogen-bond acceptors (Lipinski definition) is 3. The number of ether oxygens (including phenoxy) is 1. The maximum Gasteiger partial charge on any atom is 0.305 e. The van der Waals surface area contributed by atoms with Crippen LogP contribution in [0.4, 0.5) is 0 Å². The zero-order valence-electron chi connectivity index (χ0n) is 23.6. The second-order valence-electron chi connectivity index (χ2n) is 10.9. The van der Waals surface area contributed by atoms with Gasteiger partial charge >= 0.3 is 5.97 Å². The fraction of sp³-hybridized carbons (Fsp3) is 0.968.